The van der Waals surface area contributed by atoms with E-state index < -0.39 is 6.04 Å². The van der Waals surface area contributed by atoms with E-state index in [4.69, 9.17) is 0 Å². The van der Waals surface area contributed by atoms with Crippen molar-refractivity contribution in [3.05, 3.63) is 35.4 Å². The predicted molar refractivity (Wildman–Crippen MR) is 78.4 cm³/mol. The number of carbonyl (C=O) groups excluding carboxylic acids is 3. The smallest absolute Gasteiger partial charge is 0.255 e. The van der Waals surface area contributed by atoms with E-state index in [0.29, 0.717) is 12.1 Å². The molecule has 0 unspecified atom stereocenters. The van der Waals surface area contributed by atoms with Gasteiger partial charge in [0.15, 0.2) is 0 Å². The normalized spacial score (nSPS) is 24.1. The molecule has 2 atom stereocenters. The second kappa shape index (κ2) is 6.08. The van der Waals surface area contributed by atoms with Crippen LogP contribution in [0.1, 0.15) is 43.1 Å². The lowest BCUT2D eigenvalue weighted by molar-refractivity contribution is -0.139. The van der Waals surface area contributed by atoms with E-state index in [1.54, 1.807) is 11.0 Å². The summed E-state index contributed by atoms with van der Waals surface area (Å²) >= 11 is 0. The summed E-state index contributed by atoms with van der Waals surface area (Å²) in [7, 11) is 0. The number of hydrogen-bond acceptors (Lipinski definition) is 3. The van der Waals surface area contributed by atoms with Crippen LogP contribution in [0.4, 0.5) is 0 Å². The lowest BCUT2D eigenvalue weighted by Crippen LogP contribution is -2.56. The van der Waals surface area contributed by atoms with Gasteiger partial charge in [-0.15, -0.1) is 0 Å². The Balaban J connectivity index is 0.000000774. The molecule has 1 aromatic rings. The molecule has 0 radical (unpaired) electrons. The number of amides is 3. The van der Waals surface area contributed by atoms with E-state index in [0.717, 1.165) is 5.56 Å². The van der Waals surface area contributed by atoms with Crippen molar-refractivity contribution in [1.82, 2.24) is 10.2 Å². The summed E-state index contributed by atoms with van der Waals surface area (Å²) in [4.78, 5) is 37.2. The molecule has 1 aromatic carbocycles. The molecule has 2 heterocycles. The monoisotopic (exact) mass is 288 g/mol. The van der Waals surface area contributed by atoms with E-state index >= 15 is 0 Å². The Kier molecular flexibility index (Phi) is 4.40. The van der Waals surface area contributed by atoms with Crippen molar-refractivity contribution >= 4 is 17.7 Å². The van der Waals surface area contributed by atoms with Crippen LogP contribution in [0.15, 0.2) is 24.3 Å². The quantitative estimate of drug-likeness (QED) is 0.800. The number of piperidine rings is 1. The highest BCUT2D eigenvalue weighted by Gasteiger charge is 2.42. The van der Waals surface area contributed by atoms with Crippen molar-refractivity contribution < 1.29 is 14.4 Å². The fraction of sp³-hybridized carbons (Fsp3) is 0.438. The third-order valence-electron chi connectivity index (χ3n) is 3.76. The molecule has 0 aromatic heterocycles. The average Bonchev–Trinajstić information content (AvgIpc) is 2.78. The fourth-order valence-electron chi connectivity index (χ4n) is 2.88. The van der Waals surface area contributed by atoms with Crippen molar-refractivity contribution in [1.29, 1.82) is 0 Å². The van der Waals surface area contributed by atoms with Gasteiger partial charge < -0.3 is 4.90 Å². The minimum Gasteiger partial charge on any atom is -0.322 e. The van der Waals surface area contributed by atoms with Crippen molar-refractivity contribution in [3.8, 4) is 0 Å². The van der Waals surface area contributed by atoms with Gasteiger partial charge in [0, 0.05) is 18.5 Å². The Morgan fingerprint density at radius 1 is 1.14 bits per heavy atom. The lowest BCUT2D eigenvalue weighted by Gasteiger charge is -2.34. The first-order chi connectivity index (χ1) is 10.1. The van der Waals surface area contributed by atoms with Gasteiger partial charge in [-0.3, -0.25) is 19.7 Å². The molecule has 1 N–H and O–H groups in total. The maximum Gasteiger partial charge on any atom is 0.255 e. The number of hydrogen-bond donors (Lipinski definition) is 1. The first-order valence-corrected chi connectivity index (χ1v) is 7.30. The third kappa shape index (κ3) is 2.68. The van der Waals surface area contributed by atoms with Gasteiger partial charge in [-0.1, -0.05) is 39.0 Å². The molecule has 2 aliphatic heterocycles. The second-order valence-electron chi connectivity index (χ2n) is 5.13. The van der Waals surface area contributed by atoms with Crippen LogP contribution < -0.4 is 5.32 Å². The third-order valence-corrected chi connectivity index (χ3v) is 3.76. The van der Waals surface area contributed by atoms with Crippen LogP contribution in [0.3, 0.4) is 0 Å². The van der Waals surface area contributed by atoms with Crippen LogP contribution in [0.25, 0.3) is 0 Å². The Labute approximate surface area is 124 Å². The summed E-state index contributed by atoms with van der Waals surface area (Å²) in [6.07, 6.45) is 0.274. The van der Waals surface area contributed by atoms with Crippen molar-refractivity contribution in [2.24, 2.45) is 5.92 Å². The molecule has 3 rings (SSSR count). The average molecular weight is 288 g/mol. The van der Waals surface area contributed by atoms with Gasteiger partial charge in [-0.05, 0) is 17.5 Å². The van der Waals surface area contributed by atoms with Gasteiger partial charge in [0.1, 0.15) is 6.04 Å². The Hall–Kier alpha value is -2.17. The van der Waals surface area contributed by atoms with Crippen molar-refractivity contribution in [2.75, 3.05) is 0 Å². The van der Waals surface area contributed by atoms with Crippen LogP contribution in [0, 0.1) is 5.92 Å². The van der Waals surface area contributed by atoms with E-state index in [-0.39, 0.29) is 30.1 Å². The first kappa shape index (κ1) is 15.2. The molecule has 1 saturated heterocycles. The molecule has 1 fully saturated rings. The Morgan fingerprint density at radius 2 is 1.81 bits per heavy atom. The lowest BCUT2D eigenvalue weighted by atomic mass is 9.92. The topological polar surface area (TPSA) is 66.5 Å². The van der Waals surface area contributed by atoms with Crippen LogP contribution in [0.5, 0.6) is 0 Å². The summed E-state index contributed by atoms with van der Waals surface area (Å²) in [6, 6.07) is 6.80. The highest BCUT2D eigenvalue weighted by Crippen LogP contribution is 2.29. The zero-order valence-electron chi connectivity index (χ0n) is 12.6. The van der Waals surface area contributed by atoms with Gasteiger partial charge in [0.05, 0.1) is 0 Å². The summed E-state index contributed by atoms with van der Waals surface area (Å²) in [5, 5.41) is 2.31. The van der Waals surface area contributed by atoms with E-state index in [1.807, 2.05) is 39.0 Å². The van der Waals surface area contributed by atoms with Crippen LogP contribution in [-0.4, -0.2) is 28.7 Å². The molecule has 3 amide bonds. The minimum absolute atomic E-state index is 0.128. The largest absolute Gasteiger partial charge is 0.322 e. The molecule has 0 bridgehead atoms. The molecule has 0 saturated carbocycles. The van der Waals surface area contributed by atoms with E-state index in [1.165, 1.54) is 0 Å². The molecule has 5 heteroatoms. The Bertz CT molecular complexity index is 583. The first-order valence-electron chi connectivity index (χ1n) is 7.30. The van der Waals surface area contributed by atoms with Crippen molar-refractivity contribution in [3.63, 3.8) is 0 Å². The number of benzene rings is 1. The standard InChI is InChI=1S/C14H14N2O3.C2H6/c1-8-6-11(17)15-13(18)12(8)16-7-9-4-2-3-5-10(9)14(16)19;1-2/h2-5,8,12H,6-7H2,1H3,(H,15,17,18);1-2H3/t8-,12+;/m0./s1. The van der Waals surface area contributed by atoms with Gasteiger partial charge in [0.25, 0.3) is 5.91 Å². The summed E-state index contributed by atoms with van der Waals surface area (Å²) < 4.78 is 0. The van der Waals surface area contributed by atoms with Gasteiger partial charge in [-0.25, -0.2) is 0 Å². The van der Waals surface area contributed by atoms with Crippen LogP contribution >= 0.6 is 0 Å². The number of carbonyl (C=O) groups is 3. The molecule has 112 valence electrons. The number of fused-ring (bicyclic) bond motifs is 1. The molecule has 21 heavy (non-hydrogen) atoms. The molecule has 0 spiro atoms. The summed E-state index contributed by atoms with van der Waals surface area (Å²) in [5.41, 5.74) is 1.59. The van der Waals surface area contributed by atoms with E-state index in [2.05, 4.69) is 5.32 Å². The highest BCUT2D eigenvalue weighted by molar-refractivity contribution is 6.05. The molecule has 5 nitrogen and oxygen atoms in total. The van der Waals surface area contributed by atoms with Gasteiger partial charge in [0.2, 0.25) is 11.8 Å². The molecular weight excluding hydrogens is 268 g/mol. The number of nitrogens with one attached hydrogen (secondary N) is 1. The molecule has 2 aliphatic rings. The number of nitrogens with zero attached hydrogens (tertiary/aromatic N) is 1. The van der Waals surface area contributed by atoms with Crippen LogP contribution in [0.2, 0.25) is 0 Å². The fourth-order valence-corrected chi connectivity index (χ4v) is 2.88. The maximum atomic E-state index is 12.3. The van der Waals surface area contributed by atoms with E-state index in [9.17, 15) is 14.4 Å². The maximum absolute atomic E-state index is 12.3. The van der Waals surface area contributed by atoms with Crippen LogP contribution in [-0.2, 0) is 16.1 Å². The summed E-state index contributed by atoms with van der Waals surface area (Å²) in [5.74, 6) is -0.917. The SMILES string of the molecule is CC.C[C@H]1CC(=O)NC(=O)[C@@H]1N1Cc2ccccc2C1=O. The zero-order valence-corrected chi connectivity index (χ0v) is 12.6. The van der Waals surface area contributed by atoms with Gasteiger partial charge >= 0.3 is 0 Å². The minimum atomic E-state index is -0.558. The highest BCUT2D eigenvalue weighted by atomic mass is 16.2. The molecule has 0 aliphatic carbocycles. The number of rotatable bonds is 1. The Morgan fingerprint density at radius 3 is 2.43 bits per heavy atom. The van der Waals surface area contributed by atoms with Gasteiger partial charge in [-0.2, -0.15) is 0 Å². The molecular formula is C16H20N2O3. The second-order valence-corrected chi connectivity index (χ2v) is 5.13. The summed E-state index contributed by atoms with van der Waals surface area (Å²) in [6.45, 7) is 6.27. The predicted octanol–water partition coefficient (Wildman–Crippen LogP) is 1.72. The zero-order chi connectivity index (χ0) is 15.6. The van der Waals surface area contributed by atoms with Crippen molar-refractivity contribution in [2.45, 2.75) is 39.8 Å². The number of imide groups is 1.